The van der Waals surface area contributed by atoms with Gasteiger partial charge in [-0.25, -0.2) is 0 Å². The number of benzene rings is 1. The van der Waals surface area contributed by atoms with Gasteiger partial charge in [-0.3, -0.25) is 0 Å². The third-order valence-electron chi connectivity index (χ3n) is 1.83. The number of nitrogens with zero attached hydrogens (tertiary/aromatic N) is 1. The van der Waals surface area contributed by atoms with E-state index in [0.29, 0.717) is 6.42 Å². The van der Waals surface area contributed by atoms with Gasteiger partial charge in [0.2, 0.25) is 0 Å². The van der Waals surface area contributed by atoms with Gasteiger partial charge in [-0.1, -0.05) is 12.1 Å². The number of ether oxygens (including phenoxy) is 1. The molecule has 1 aromatic carbocycles. The van der Waals surface area contributed by atoms with Crippen LogP contribution in [0.15, 0.2) is 24.3 Å². The molecule has 0 fully saturated rings. The Balaban J connectivity index is 0.00000169. The maximum absolute atomic E-state index is 8.46. The number of halogens is 1. The van der Waals surface area contributed by atoms with Crippen molar-refractivity contribution < 1.29 is 4.74 Å². The average molecular weight is 213 g/mol. The molecule has 4 heteroatoms. The van der Waals surface area contributed by atoms with E-state index >= 15 is 0 Å². The summed E-state index contributed by atoms with van der Waals surface area (Å²) in [5, 5.41) is 8.46. The van der Waals surface area contributed by atoms with Crippen molar-refractivity contribution >= 4 is 12.4 Å². The molecule has 0 aliphatic rings. The van der Waals surface area contributed by atoms with Crippen LogP contribution < -0.4 is 10.5 Å². The molecule has 1 atom stereocenters. The lowest BCUT2D eigenvalue weighted by Crippen LogP contribution is -2.08. The van der Waals surface area contributed by atoms with E-state index < -0.39 is 0 Å². The van der Waals surface area contributed by atoms with Crippen molar-refractivity contribution in [1.29, 1.82) is 5.26 Å². The van der Waals surface area contributed by atoms with Crippen LogP contribution in [0.2, 0.25) is 0 Å². The molecule has 0 spiro atoms. The third-order valence-corrected chi connectivity index (χ3v) is 1.83. The van der Waals surface area contributed by atoms with Gasteiger partial charge in [0, 0.05) is 6.04 Å². The van der Waals surface area contributed by atoms with Crippen molar-refractivity contribution in [2.45, 2.75) is 12.5 Å². The van der Waals surface area contributed by atoms with Crippen molar-refractivity contribution in [2.24, 2.45) is 5.73 Å². The topological polar surface area (TPSA) is 59.0 Å². The smallest absolute Gasteiger partial charge is 0.119 e. The second-order valence-corrected chi connectivity index (χ2v) is 2.75. The number of nitriles is 1. The van der Waals surface area contributed by atoms with Gasteiger partial charge in [-0.2, -0.15) is 5.26 Å². The molecule has 3 nitrogen and oxygen atoms in total. The maximum atomic E-state index is 8.46. The van der Waals surface area contributed by atoms with Crippen molar-refractivity contribution in [3.63, 3.8) is 0 Å². The Labute approximate surface area is 89.9 Å². The molecular formula is C10H13ClN2O. The minimum absolute atomic E-state index is 0. The predicted octanol–water partition coefficient (Wildman–Crippen LogP) is 2.03. The zero-order chi connectivity index (χ0) is 9.68. The number of hydrogen-bond donors (Lipinski definition) is 1. The highest BCUT2D eigenvalue weighted by atomic mass is 35.5. The van der Waals surface area contributed by atoms with Crippen molar-refractivity contribution in [3.05, 3.63) is 29.8 Å². The molecule has 14 heavy (non-hydrogen) atoms. The molecule has 0 unspecified atom stereocenters. The fraction of sp³-hybridized carbons (Fsp3) is 0.300. The summed E-state index contributed by atoms with van der Waals surface area (Å²) in [6, 6.07) is 9.27. The molecule has 0 heterocycles. The normalized spacial score (nSPS) is 10.9. The summed E-state index contributed by atoms with van der Waals surface area (Å²) in [4.78, 5) is 0. The van der Waals surface area contributed by atoms with Gasteiger partial charge in [0.25, 0.3) is 0 Å². The standard InChI is InChI=1S/C10H12N2O.ClH/c1-13-9-4-2-3-8(7-9)10(12)5-6-11;/h2-4,7,10H,5,12H2,1H3;1H/t10-;/m1./s1. The van der Waals surface area contributed by atoms with Gasteiger partial charge in [0.1, 0.15) is 5.75 Å². The number of methoxy groups -OCH3 is 1. The largest absolute Gasteiger partial charge is 0.497 e. The molecule has 1 aromatic rings. The van der Waals surface area contributed by atoms with Crippen LogP contribution in [0.4, 0.5) is 0 Å². The summed E-state index contributed by atoms with van der Waals surface area (Å²) in [6.07, 6.45) is 0.327. The van der Waals surface area contributed by atoms with Crippen LogP contribution >= 0.6 is 12.4 Å². The summed E-state index contributed by atoms with van der Waals surface area (Å²) < 4.78 is 5.04. The molecule has 0 aromatic heterocycles. The lowest BCUT2D eigenvalue weighted by molar-refractivity contribution is 0.414. The molecule has 0 radical (unpaired) electrons. The van der Waals surface area contributed by atoms with E-state index in [1.165, 1.54) is 0 Å². The molecule has 2 N–H and O–H groups in total. The number of hydrogen-bond acceptors (Lipinski definition) is 3. The Morgan fingerprint density at radius 3 is 2.86 bits per heavy atom. The lowest BCUT2D eigenvalue weighted by atomic mass is 10.1. The van der Waals surface area contributed by atoms with Gasteiger partial charge in [-0.15, -0.1) is 12.4 Å². The number of nitrogens with two attached hydrogens (primary N) is 1. The first-order valence-electron chi connectivity index (χ1n) is 4.04. The van der Waals surface area contributed by atoms with Crippen LogP contribution in [0.3, 0.4) is 0 Å². The lowest BCUT2D eigenvalue weighted by Gasteiger charge is -2.08. The number of rotatable bonds is 3. The van der Waals surface area contributed by atoms with Gasteiger partial charge < -0.3 is 10.5 Å². The maximum Gasteiger partial charge on any atom is 0.119 e. The molecule has 1 rings (SSSR count). The summed E-state index contributed by atoms with van der Waals surface area (Å²) in [5.41, 5.74) is 6.68. The summed E-state index contributed by atoms with van der Waals surface area (Å²) in [6.45, 7) is 0. The van der Waals surface area contributed by atoms with Crippen LogP contribution in [-0.2, 0) is 0 Å². The second kappa shape index (κ2) is 6.25. The highest BCUT2D eigenvalue weighted by Gasteiger charge is 2.05. The first-order valence-corrected chi connectivity index (χ1v) is 4.04. The summed E-state index contributed by atoms with van der Waals surface area (Å²) in [7, 11) is 1.61. The molecule has 0 saturated carbocycles. The zero-order valence-electron chi connectivity index (χ0n) is 7.93. The second-order valence-electron chi connectivity index (χ2n) is 2.75. The first kappa shape index (κ1) is 12.8. The molecule has 0 aliphatic carbocycles. The Bertz CT molecular complexity index is 322. The summed E-state index contributed by atoms with van der Waals surface area (Å²) in [5.74, 6) is 0.769. The highest BCUT2D eigenvalue weighted by molar-refractivity contribution is 5.85. The van der Waals surface area contributed by atoms with E-state index in [1.807, 2.05) is 30.3 Å². The molecule has 0 bridgehead atoms. The third kappa shape index (κ3) is 3.25. The van der Waals surface area contributed by atoms with Crippen LogP contribution in [-0.4, -0.2) is 7.11 Å². The van der Waals surface area contributed by atoms with Gasteiger partial charge in [-0.05, 0) is 17.7 Å². The predicted molar refractivity (Wildman–Crippen MR) is 57.4 cm³/mol. The Kier molecular flexibility index (Phi) is 5.70. The minimum atomic E-state index is -0.222. The van der Waals surface area contributed by atoms with Gasteiger partial charge in [0.05, 0.1) is 19.6 Å². The quantitative estimate of drug-likeness (QED) is 0.834. The molecule has 0 saturated heterocycles. The average Bonchev–Trinajstić information content (AvgIpc) is 2.18. The van der Waals surface area contributed by atoms with Gasteiger partial charge >= 0.3 is 0 Å². The fourth-order valence-electron chi connectivity index (χ4n) is 1.09. The van der Waals surface area contributed by atoms with E-state index in [4.69, 9.17) is 15.7 Å². The molecule has 76 valence electrons. The zero-order valence-corrected chi connectivity index (χ0v) is 8.75. The fourth-order valence-corrected chi connectivity index (χ4v) is 1.09. The Morgan fingerprint density at radius 2 is 2.29 bits per heavy atom. The monoisotopic (exact) mass is 212 g/mol. The van der Waals surface area contributed by atoms with Crippen LogP contribution in [0.25, 0.3) is 0 Å². The highest BCUT2D eigenvalue weighted by Crippen LogP contribution is 2.18. The van der Waals surface area contributed by atoms with E-state index in [0.717, 1.165) is 11.3 Å². The minimum Gasteiger partial charge on any atom is -0.497 e. The SMILES string of the molecule is COc1cccc([C@H](N)CC#N)c1.Cl. The van der Waals surface area contributed by atoms with E-state index in [9.17, 15) is 0 Å². The van der Waals surface area contributed by atoms with Gasteiger partial charge in [0.15, 0.2) is 0 Å². The van der Waals surface area contributed by atoms with Crippen molar-refractivity contribution in [2.75, 3.05) is 7.11 Å². The van der Waals surface area contributed by atoms with E-state index in [1.54, 1.807) is 7.11 Å². The molecule has 0 amide bonds. The molecular weight excluding hydrogens is 200 g/mol. The van der Waals surface area contributed by atoms with Crippen LogP contribution in [0.1, 0.15) is 18.0 Å². The van der Waals surface area contributed by atoms with E-state index in [2.05, 4.69) is 0 Å². The van der Waals surface area contributed by atoms with Crippen LogP contribution in [0.5, 0.6) is 5.75 Å². The summed E-state index contributed by atoms with van der Waals surface area (Å²) >= 11 is 0. The Hall–Kier alpha value is -1.24. The first-order chi connectivity index (χ1) is 6.27. The van der Waals surface area contributed by atoms with E-state index in [-0.39, 0.29) is 18.4 Å². The Morgan fingerprint density at radius 1 is 1.57 bits per heavy atom. The van der Waals surface area contributed by atoms with Crippen LogP contribution in [0, 0.1) is 11.3 Å². The molecule has 0 aliphatic heterocycles. The van der Waals surface area contributed by atoms with Crippen molar-refractivity contribution in [1.82, 2.24) is 0 Å². The van der Waals surface area contributed by atoms with Crippen molar-refractivity contribution in [3.8, 4) is 11.8 Å².